The molecule has 2 saturated heterocycles. The van der Waals surface area contributed by atoms with E-state index in [1.165, 1.54) is 0 Å². The monoisotopic (exact) mass is 270 g/mol. The van der Waals surface area contributed by atoms with Crippen LogP contribution in [0.4, 0.5) is 0 Å². The first-order valence-electron chi connectivity index (χ1n) is 6.77. The predicted molar refractivity (Wildman–Crippen MR) is 68.9 cm³/mol. The molecule has 0 aromatic heterocycles. The number of likely N-dealkylation sites (N-methyl/N-ethyl adjacent to an activating group) is 1. The van der Waals surface area contributed by atoms with E-state index in [1.54, 1.807) is 7.05 Å². The van der Waals surface area contributed by atoms with Gasteiger partial charge in [0.1, 0.15) is 6.10 Å². The van der Waals surface area contributed by atoms with E-state index < -0.39 is 6.10 Å². The molecule has 0 aromatic rings. The van der Waals surface area contributed by atoms with Crippen LogP contribution in [0.25, 0.3) is 0 Å². The molecule has 0 aliphatic carbocycles. The van der Waals surface area contributed by atoms with E-state index in [2.05, 4.69) is 15.6 Å². The summed E-state index contributed by atoms with van der Waals surface area (Å²) < 4.78 is 5.67. The Labute approximate surface area is 112 Å². The van der Waals surface area contributed by atoms with Crippen molar-refractivity contribution >= 4 is 11.8 Å². The Hall–Kier alpha value is -1.18. The zero-order valence-electron chi connectivity index (χ0n) is 11.2. The molecule has 2 fully saturated rings. The van der Waals surface area contributed by atoms with Crippen LogP contribution in [0.15, 0.2) is 0 Å². The molecule has 108 valence electrons. The van der Waals surface area contributed by atoms with E-state index in [-0.39, 0.29) is 24.0 Å². The summed E-state index contributed by atoms with van der Waals surface area (Å²) in [5, 5.41) is 2.70. The molecule has 0 aromatic carbocycles. The van der Waals surface area contributed by atoms with Gasteiger partial charge in [0.2, 0.25) is 5.91 Å². The zero-order valence-corrected chi connectivity index (χ0v) is 11.2. The number of hydrogen-bond donors (Lipinski definition) is 3. The Kier molecular flexibility index (Phi) is 4.73. The van der Waals surface area contributed by atoms with Gasteiger partial charge in [-0.1, -0.05) is 0 Å². The van der Waals surface area contributed by atoms with Gasteiger partial charge in [-0.15, -0.1) is 0 Å². The first-order valence-corrected chi connectivity index (χ1v) is 6.77. The highest BCUT2D eigenvalue weighted by Crippen LogP contribution is 2.24. The van der Waals surface area contributed by atoms with Crippen molar-refractivity contribution in [1.29, 1.82) is 0 Å². The summed E-state index contributed by atoms with van der Waals surface area (Å²) in [5.74, 6) is 4.89. The van der Waals surface area contributed by atoms with E-state index in [1.807, 2.05) is 0 Å². The second-order valence-electron chi connectivity index (χ2n) is 5.10. The number of carbonyl (C=O) groups excluding carboxylic acids is 2. The fraction of sp³-hybridized carbons (Fsp3) is 0.833. The number of hydrazine groups is 1. The van der Waals surface area contributed by atoms with Gasteiger partial charge in [0, 0.05) is 13.6 Å². The number of amides is 2. The summed E-state index contributed by atoms with van der Waals surface area (Å²) in [6.07, 6.45) is 2.99. The highest BCUT2D eigenvalue weighted by Gasteiger charge is 2.36. The summed E-state index contributed by atoms with van der Waals surface area (Å²) in [4.78, 5) is 25.3. The Bertz CT molecular complexity index is 350. The minimum Gasteiger partial charge on any atom is -0.364 e. The van der Waals surface area contributed by atoms with Gasteiger partial charge in [-0.2, -0.15) is 0 Å². The maximum atomic E-state index is 11.7. The lowest BCUT2D eigenvalue weighted by atomic mass is 10.1. The molecule has 0 spiro atoms. The van der Waals surface area contributed by atoms with Crippen molar-refractivity contribution < 1.29 is 14.3 Å². The predicted octanol–water partition coefficient (Wildman–Crippen LogP) is -1.27. The van der Waals surface area contributed by atoms with Crippen LogP contribution in [0.5, 0.6) is 0 Å². The van der Waals surface area contributed by atoms with Crippen molar-refractivity contribution in [2.75, 3.05) is 20.1 Å². The van der Waals surface area contributed by atoms with E-state index in [0.29, 0.717) is 13.0 Å². The summed E-state index contributed by atoms with van der Waals surface area (Å²) >= 11 is 0. The normalized spacial score (nSPS) is 31.4. The molecule has 3 unspecified atom stereocenters. The van der Waals surface area contributed by atoms with Crippen LogP contribution in [-0.2, 0) is 14.3 Å². The number of nitrogens with two attached hydrogens (primary N) is 1. The number of nitrogens with zero attached hydrogens (tertiary/aromatic N) is 1. The molecule has 2 aliphatic rings. The fourth-order valence-corrected chi connectivity index (χ4v) is 2.90. The zero-order chi connectivity index (χ0) is 13.8. The molecule has 0 bridgehead atoms. The molecular formula is C12H22N4O3. The minimum absolute atomic E-state index is 0.00700. The van der Waals surface area contributed by atoms with Gasteiger partial charge in [-0.25, -0.2) is 5.84 Å². The van der Waals surface area contributed by atoms with Crippen LogP contribution < -0.4 is 16.6 Å². The minimum atomic E-state index is -0.448. The molecule has 2 heterocycles. The van der Waals surface area contributed by atoms with Gasteiger partial charge in [-0.3, -0.25) is 19.9 Å². The van der Waals surface area contributed by atoms with Crippen molar-refractivity contribution in [2.24, 2.45) is 5.84 Å². The molecule has 7 nitrogen and oxygen atoms in total. The number of rotatable bonds is 4. The Morgan fingerprint density at radius 3 is 2.79 bits per heavy atom. The van der Waals surface area contributed by atoms with Gasteiger partial charge in [0.25, 0.3) is 5.91 Å². The highest BCUT2D eigenvalue weighted by molar-refractivity contribution is 5.81. The lowest BCUT2D eigenvalue weighted by Crippen LogP contribution is -2.45. The van der Waals surface area contributed by atoms with Gasteiger partial charge in [-0.05, 0) is 32.2 Å². The molecule has 3 atom stereocenters. The fourth-order valence-electron chi connectivity index (χ4n) is 2.90. The summed E-state index contributed by atoms with van der Waals surface area (Å²) in [6, 6.07) is -0.0593. The Balaban J connectivity index is 1.85. The van der Waals surface area contributed by atoms with Crippen molar-refractivity contribution in [1.82, 2.24) is 15.6 Å². The van der Waals surface area contributed by atoms with Crippen molar-refractivity contribution in [2.45, 2.75) is 43.9 Å². The quantitative estimate of drug-likeness (QED) is 0.336. The lowest BCUT2D eigenvalue weighted by molar-refractivity contribution is -0.133. The Morgan fingerprint density at radius 2 is 2.11 bits per heavy atom. The third kappa shape index (κ3) is 3.23. The first kappa shape index (κ1) is 14.2. The van der Waals surface area contributed by atoms with Gasteiger partial charge in [0.15, 0.2) is 0 Å². The average Bonchev–Trinajstić information content (AvgIpc) is 3.06. The van der Waals surface area contributed by atoms with Crippen LogP contribution in [0, 0.1) is 0 Å². The standard InChI is InChI=1S/C12H22N4O3/c1-14-11(17)9-3-2-6-16(9)7-8-4-5-10(19-8)12(18)15-13/h8-10H,2-7,13H2,1H3,(H,14,17)(H,15,18). The number of carbonyl (C=O) groups is 2. The largest absolute Gasteiger partial charge is 0.364 e. The lowest BCUT2D eigenvalue weighted by Gasteiger charge is -2.25. The smallest absolute Gasteiger partial charge is 0.263 e. The average molecular weight is 270 g/mol. The molecule has 4 N–H and O–H groups in total. The van der Waals surface area contributed by atoms with Crippen LogP contribution in [0.1, 0.15) is 25.7 Å². The third-order valence-corrected chi connectivity index (χ3v) is 3.89. The van der Waals surface area contributed by atoms with E-state index in [4.69, 9.17) is 10.6 Å². The third-order valence-electron chi connectivity index (χ3n) is 3.89. The Morgan fingerprint density at radius 1 is 1.32 bits per heavy atom. The molecule has 2 amide bonds. The van der Waals surface area contributed by atoms with Crippen LogP contribution in [-0.4, -0.2) is 55.1 Å². The number of hydrogen-bond acceptors (Lipinski definition) is 5. The summed E-state index contributed by atoms with van der Waals surface area (Å²) in [7, 11) is 1.66. The maximum Gasteiger partial charge on any atom is 0.263 e. The number of ether oxygens (including phenoxy) is 1. The highest BCUT2D eigenvalue weighted by atomic mass is 16.5. The van der Waals surface area contributed by atoms with Gasteiger partial charge in [0.05, 0.1) is 12.1 Å². The van der Waals surface area contributed by atoms with E-state index >= 15 is 0 Å². The summed E-state index contributed by atoms with van der Waals surface area (Å²) in [6.45, 7) is 1.61. The van der Waals surface area contributed by atoms with E-state index in [0.717, 1.165) is 25.8 Å². The van der Waals surface area contributed by atoms with Gasteiger partial charge < -0.3 is 10.1 Å². The molecule has 2 aliphatic heterocycles. The molecule has 19 heavy (non-hydrogen) atoms. The van der Waals surface area contributed by atoms with Crippen molar-refractivity contribution in [3.05, 3.63) is 0 Å². The molecular weight excluding hydrogens is 248 g/mol. The molecule has 2 rings (SSSR count). The van der Waals surface area contributed by atoms with Gasteiger partial charge >= 0.3 is 0 Å². The van der Waals surface area contributed by atoms with Crippen molar-refractivity contribution in [3.63, 3.8) is 0 Å². The van der Waals surface area contributed by atoms with Crippen LogP contribution in [0.2, 0.25) is 0 Å². The maximum absolute atomic E-state index is 11.7. The second-order valence-corrected chi connectivity index (χ2v) is 5.10. The molecule has 0 saturated carbocycles. The number of likely N-dealkylation sites (tertiary alicyclic amines) is 1. The first-order chi connectivity index (χ1) is 9.15. The SMILES string of the molecule is CNC(=O)C1CCCN1CC1CCC(C(=O)NN)O1. The van der Waals surface area contributed by atoms with Crippen LogP contribution >= 0.6 is 0 Å². The van der Waals surface area contributed by atoms with Crippen molar-refractivity contribution in [3.8, 4) is 0 Å². The number of nitrogens with one attached hydrogen (secondary N) is 2. The second kappa shape index (κ2) is 6.31. The van der Waals surface area contributed by atoms with Crippen LogP contribution in [0.3, 0.4) is 0 Å². The topological polar surface area (TPSA) is 96.7 Å². The summed E-state index contributed by atoms with van der Waals surface area (Å²) in [5.41, 5.74) is 2.12. The molecule has 0 radical (unpaired) electrons. The molecule has 7 heteroatoms. The van der Waals surface area contributed by atoms with E-state index in [9.17, 15) is 9.59 Å².